The Morgan fingerprint density at radius 2 is 2.25 bits per heavy atom. The van der Waals surface area contributed by atoms with Crippen LogP contribution in [0.2, 0.25) is 0 Å². The third kappa shape index (κ3) is 3.00. The van der Waals surface area contributed by atoms with E-state index in [-0.39, 0.29) is 12.2 Å². The third-order valence-electron chi connectivity index (χ3n) is 1.29. The van der Waals surface area contributed by atoms with Crippen molar-refractivity contribution in [1.29, 1.82) is 0 Å². The van der Waals surface area contributed by atoms with Crippen LogP contribution in [0.4, 0.5) is 4.39 Å². The van der Waals surface area contributed by atoms with Crippen LogP contribution in [0.15, 0.2) is 12.2 Å². The molecule has 0 rings (SSSR count). The second-order valence-corrected chi connectivity index (χ2v) is 2.45. The summed E-state index contributed by atoms with van der Waals surface area (Å²) < 4.78 is 17.2. The first-order valence-corrected chi connectivity index (χ1v) is 3.64. The summed E-state index contributed by atoms with van der Waals surface area (Å²) in [4.78, 5) is 10.7. The van der Waals surface area contributed by atoms with Gasteiger partial charge in [0.15, 0.2) is 0 Å². The van der Waals surface area contributed by atoms with Crippen molar-refractivity contribution in [2.24, 2.45) is 0 Å². The van der Waals surface area contributed by atoms with Crippen molar-refractivity contribution in [1.82, 2.24) is 0 Å². The summed E-state index contributed by atoms with van der Waals surface area (Å²) in [5.41, 5.74) is 0.204. The van der Waals surface area contributed by atoms with E-state index in [4.69, 9.17) is 5.11 Å². The Bertz CT molecular complexity index is 179. The molecule has 0 bridgehead atoms. The highest BCUT2D eigenvalue weighted by molar-refractivity contribution is 5.75. The predicted octanol–water partition coefficient (Wildman–Crippen LogP) is 0.825. The van der Waals surface area contributed by atoms with Gasteiger partial charge in [0.1, 0.15) is 6.10 Å². The first kappa shape index (κ1) is 11.1. The summed E-state index contributed by atoms with van der Waals surface area (Å²) in [6.07, 6.45) is -3.49. The van der Waals surface area contributed by atoms with Crippen LogP contribution in [0.5, 0.6) is 0 Å². The van der Waals surface area contributed by atoms with Gasteiger partial charge < -0.3 is 9.84 Å². The Morgan fingerprint density at radius 3 is 2.58 bits per heavy atom. The van der Waals surface area contributed by atoms with E-state index >= 15 is 0 Å². The number of rotatable bonds is 4. The molecule has 0 fully saturated rings. The molecule has 70 valence electrons. The summed E-state index contributed by atoms with van der Waals surface area (Å²) in [6.45, 7) is 6.43. The van der Waals surface area contributed by atoms with Gasteiger partial charge in [0.2, 0.25) is 6.17 Å². The summed E-state index contributed by atoms with van der Waals surface area (Å²) in [7, 11) is 0. The summed E-state index contributed by atoms with van der Waals surface area (Å²) in [5, 5.41) is 9.02. The van der Waals surface area contributed by atoms with Crippen LogP contribution in [0.25, 0.3) is 0 Å². The molecule has 0 aromatic carbocycles. The summed E-state index contributed by atoms with van der Waals surface area (Å²) in [6, 6.07) is 0. The second-order valence-electron chi connectivity index (χ2n) is 2.45. The van der Waals surface area contributed by atoms with Gasteiger partial charge in [-0.1, -0.05) is 6.58 Å². The molecule has 2 atom stereocenters. The van der Waals surface area contributed by atoms with E-state index in [0.717, 1.165) is 0 Å². The van der Waals surface area contributed by atoms with E-state index in [1.165, 1.54) is 6.92 Å². The fourth-order valence-electron chi connectivity index (χ4n) is 0.601. The van der Waals surface area contributed by atoms with E-state index in [0.29, 0.717) is 0 Å². The van der Waals surface area contributed by atoms with Crippen LogP contribution in [-0.4, -0.2) is 30.0 Å². The van der Waals surface area contributed by atoms with E-state index in [1.54, 1.807) is 6.92 Å². The van der Waals surface area contributed by atoms with Gasteiger partial charge in [0, 0.05) is 0 Å². The lowest BCUT2D eigenvalue weighted by Gasteiger charge is -2.13. The Balaban J connectivity index is 4.09. The molecule has 0 aliphatic carbocycles. The van der Waals surface area contributed by atoms with E-state index in [9.17, 15) is 9.18 Å². The number of aliphatic hydroxyl groups is 1. The maximum absolute atomic E-state index is 12.8. The highest BCUT2D eigenvalue weighted by Gasteiger charge is 2.27. The van der Waals surface area contributed by atoms with Crippen LogP contribution in [-0.2, 0) is 9.53 Å². The van der Waals surface area contributed by atoms with Crippen LogP contribution < -0.4 is 0 Å². The molecule has 0 saturated heterocycles. The Labute approximate surface area is 70.8 Å². The minimum atomic E-state index is -2.03. The Kier molecular flexibility index (Phi) is 4.51. The fraction of sp³-hybridized carbons (Fsp3) is 0.625. The molecule has 0 amide bonds. The zero-order valence-electron chi connectivity index (χ0n) is 7.21. The van der Waals surface area contributed by atoms with Crippen molar-refractivity contribution in [2.75, 3.05) is 6.61 Å². The standard InChI is InChI=1S/C8H13FO3/c1-4-12-8(11)6(9)7(10)5(2)3/h6-7,10H,2,4H2,1,3H3. The minimum absolute atomic E-state index is 0.0994. The number of esters is 1. The first-order chi connectivity index (χ1) is 5.50. The molecule has 0 spiro atoms. The number of hydrogen-bond donors (Lipinski definition) is 1. The molecule has 0 aliphatic rings. The molecule has 0 aliphatic heterocycles. The molecule has 12 heavy (non-hydrogen) atoms. The van der Waals surface area contributed by atoms with Crippen molar-refractivity contribution in [2.45, 2.75) is 26.1 Å². The maximum Gasteiger partial charge on any atom is 0.343 e. The SMILES string of the molecule is C=C(C)C(O)C(F)C(=O)OCC. The van der Waals surface area contributed by atoms with Crippen LogP contribution in [0.1, 0.15) is 13.8 Å². The van der Waals surface area contributed by atoms with Gasteiger partial charge in [0.25, 0.3) is 0 Å². The molecule has 0 radical (unpaired) electrons. The average molecular weight is 176 g/mol. The molecular formula is C8H13FO3. The molecule has 3 nitrogen and oxygen atoms in total. The fourth-order valence-corrected chi connectivity index (χ4v) is 0.601. The molecular weight excluding hydrogens is 163 g/mol. The molecule has 4 heteroatoms. The second kappa shape index (κ2) is 4.87. The predicted molar refractivity (Wildman–Crippen MR) is 42.3 cm³/mol. The lowest BCUT2D eigenvalue weighted by atomic mass is 10.1. The number of carbonyl (C=O) groups excluding carboxylic acids is 1. The number of ether oxygens (including phenoxy) is 1. The van der Waals surface area contributed by atoms with Gasteiger partial charge in [0.05, 0.1) is 6.61 Å². The molecule has 0 aromatic heterocycles. The van der Waals surface area contributed by atoms with Crippen molar-refractivity contribution in [3.8, 4) is 0 Å². The molecule has 2 unspecified atom stereocenters. The normalized spacial score (nSPS) is 15.0. The van der Waals surface area contributed by atoms with Crippen molar-refractivity contribution in [3.05, 3.63) is 12.2 Å². The highest BCUT2D eigenvalue weighted by Crippen LogP contribution is 2.08. The third-order valence-corrected chi connectivity index (χ3v) is 1.29. The molecule has 0 aromatic rings. The molecule has 0 saturated carbocycles. The number of halogens is 1. The molecule has 0 heterocycles. The Hall–Kier alpha value is -0.900. The van der Waals surface area contributed by atoms with Gasteiger partial charge in [-0.25, -0.2) is 9.18 Å². The quantitative estimate of drug-likeness (QED) is 0.509. The van der Waals surface area contributed by atoms with Crippen molar-refractivity contribution in [3.63, 3.8) is 0 Å². The maximum atomic E-state index is 12.8. The van der Waals surface area contributed by atoms with Gasteiger partial charge in [-0.05, 0) is 19.4 Å². The van der Waals surface area contributed by atoms with Gasteiger partial charge in [-0.2, -0.15) is 0 Å². The van der Waals surface area contributed by atoms with E-state index < -0.39 is 18.2 Å². The monoisotopic (exact) mass is 176 g/mol. The first-order valence-electron chi connectivity index (χ1n) is 3.64. The average Bonchev–Trinajstić information content (AvgIpc) is 2.02. The highest BCUT2D eigenvalue weighted by atomic mass is 19.1. The minimum Gasteiger partial charge on any atom is -0.464 e. The number of aliphatic hydroxyl groups excluding tert-OH is 1. The van der Waals surface area contributed by atoms with E-state index in [1.807, 2.05) is 0 Å². The lowest BCUT2D eigenvalue weighted by molar-refractivity contribution is -0.152. The number of alkyl halides is 1. The van der Waals surface area contributed by atoms with Crippen LogP contribution >= 0.6 is 0 Å². The Morgan fingerprint density at radius 1 is 1.75 bits per heavy atom. The summed E-state index contributed by atoms with van der Waals surface area (Å²) >= 11 is 0. The largest absolute Gasteiger partial charge is 0.464 e. The van der Waals surface area contributed by atoms with Gasteiger partial charge >= 0.3 is 5.97 Å². The van der Waals surface area contributed by atoms with Crippen molar-refractivity contribution < 1.29 is 19.0 Å². The van der Waals surface area contributed by atoms with E-state index in [2.05, 4.69) is 11.3 Å². The smallest absolute Gasteiger partial charge is 0.343 e. The summed E-state index contributed by atoms with van der Waals surface area (Å²) in [5.74, 6) is -1.05. The van der Waals surface area contributed by atoms with Crippen molar-refractivity contribution >= 4 is 5.97 Å². The van der Waals surface area contributed by atoms with Gasteiger partial charge in [-0.15, -0.1) is 0 Å². The number of carbonyl (C=O) groups is 1. The number of hydrogen-bond acceptors (Lipinski definition) is 3. The zero-order valence-corrected chi connectivity index (χ0v) is 7.21. The van der Waals surface area contributed by atoms with Crippen LogP contribution in [0.3, 0.4) is 0 Å². The van der Waals surface area contributed by atoms with Gasteiger partial charge in [-0.3, -0.25) is 0 Å². The zero-order chi connectivity index (χ0) is 9.72. The van der Waals surface area contributed by atoms with Crippen LogP contribution in [0, 0.1) is 0 Å². The topological polar surface area (TPSA) is 46.5 Å². The lowest BCUT2D eigenvalue weighted by Crippen LogP contribution is -2.32. The molecule has 1 N–H and O–H groups in total.